The summed E-state index contributed by atoms with van der Waals surface area (Å²) in [6, 6.07) is 9.88. The highest BCUT2D eigenvalue weighted by molar-refractivity contribution is 7.15. The molecule has 1 heterocycles. The Bertz CT molecular complexity index is 727. The van der Waals surface area contributed by atoms with Crippen LogP contribution in [0.4, 0.5) is 5.13 Å². The highest BCUT2D eigenvalue weighted by Gasteiger charge is 2.18. The predicted molar refractivity (Wildman–Crippen MR) is 108 cm³/mol. The van der Waals surface area contributed by atoms with Crippen LogP contribution in [0.15, 0.2) is 30.3 Å². The molecule has 0 fully saturated rings. The van der Waals surface area contributed by atoms with Gasteiger partial charge in [-0.25, -0.2) is 4.98 Å². The first kappa shape index (κ1) is 21.1. The van der Waals surface area contributed by atoms with Crippen LogP contribution >= 0.6 is 11.3 Å². The van der Waals surface area contributed by atoms with Gasteiger partial charge in [0.25, 0.3) is 0 Å². The molecule has 0 bridgehead atoms. The smallest absolute Gasteiger partial charge is 0.245 e. The summed E-state index contributed by atoms with van der Waals surface area (Å²) in [4.78, 5) is 32.0. The Morgan fingerprint density at radius 3 is 2.59 bits per heavy atom. The van der Waals surface area contributed by atoms with E-state index in [9.17, 15) is 9.59 Å². The lowest BCUT2D eigenvalue weighted by atomic mass is 10.1. The molecule has 7 heteroatoms. The fourth-order valence-corrected chi connectivity index (χ4v) is 3.43. The van der Waals surface area contributed by atoms with E-state index >= 15 is 0 Å². The molecular formula is C20H27N3O3S. The van der Waals surface area contributed by atoms with Crippen molar-refractivity contribution in [3.63, 3.8) is 0 Å². The lowest BCUT2D eigenvalue weighted by Gasteiger charge is -2.22. The topological polar surface area (TPSA) is 71.5 Å². The number of rotatable bonds is 10. The van der Waals surface area contributed by atoms with Gasteiger partial charge in [-0.3, -0.25) is 9.59 Å². The van der Waals surface area contributed by atoms with Crippen LogP contribution in [0, 0.1) is 13.8 Å². The number of aryl methyl sites for hydroxylation is 3. The molecule has 0 aliphatic heterocycles. The molecule has 0 saturated carbocycles. The number of anilines is 1. The van der Waals surface area contributed by atoms with Gasteiger partial charge in [-0.1, -0.05) is 30.3 Å². The monoisotopic (exact) mass is 389 g/mol. The summed E-state index contributed by atoms with van der Waals surface area (Å²) in [5.41, 5.74) is 2.02. The number of ether oxygens (including phenoxy) is 1. The van der Waals surface area contributed by atoms with Gasteiger partial charge in [0, 0.05) is 31.6 Å². The third kappa shape index (κ3) is 7.11. The van der Waals surface area contributed by atoms with E-state index in [1.807, 2.05) is 44.2 Å². The van der Waals surface area contributed by atoms with E-state index in [2.05, 4.69) is 10.3 Å². The molecule has 2 rings (SSSR count). The second-order valence-electron chi connectivity index (χ2n) is 6.36. The zero-order chi connectivity index (χ0) is 19.6. The lowest BCUT2D eigenvalue weighted by Crippen LogP contribution is -2.39. The zero-order valence-corrected chi connectivity index (χ0v) is 17.0. The van der Waals surface area contributed by atoms with Crippen LogP contribution < -0.4 is 5.32 Å². The first-order chi connectivity index (χ1) is 13.0. The highest BCUT2D eigenvalue weighted by Crippen LogP contribution is 2.21. The van der Waals surface area contributed by atoms with Crippen molar-refractivity contribution in [3.8, 4) is 0 Å². The van der Waals surface area contributed by atoms with Crippen LogP contribution in [0.25, 0.3) is 0 Å². The quantitative estimate of drug-likeness (QED) is 0.634. The molecule has 1 aromatic heterocycles. The molecule has 1 aromatic carbocycles. The summed E-state index contributed by atoms with van der Waals surface area (Å²) < 4.78 is 5.07. The molecule has 2 amide bonds. The van der Waals surface area contributed by atoms with Crippen LogP contribution in [-0.4, -0.2) is 48.5 Å². The van der Waals surface area contributed by atoms with E-state index in [0.29, 0.717) is 37.5 Å². The van der Waals surface area contributed by atoms with Crippen molar-refractivity contribution < 1.29 is 14.3 Å². The number of nitrogens with zero attached hydrogens (tertiary/aromatic N) is 2. The van der Waals surface area contributed by atoms with Crippen molar-refractivity contribution in [2.24, 2.45) is 0 Å². The van der Waals surface area contributed by atoms with Crippen LogP contribution in [0.5, 0.6) is 0 Å². The Balaban J connectivity index is 1.92. The molecule has 0 spiro atoms. The molecule has 27 heavy (non-hydrogen) atoms. The number of nitrogens with one attached hydrogen (secondary N) is 1. The Hall–Kier alpha value is -2.25. The maximum absolute atomic E-state index is 12.6. The predicted octanol–water partition coefficient (Wildman–Crippen LogP) is 3.20. The number of methoxy groups -OCH3 is 1. The van der Waals surface area contributed by atoms with Crippen molar-refractivity contribution >= 4 is 28.3 Å². The molecular weight excluding hydrogens is 362 g/mol. The fraction of sp³-hybridized carbons (Fsp3) is 0.450. The van der Waals surface area contributed by atoms with Crippen molar-refractivity contribution in [2.45, 2.75) is 33.1 Å². The van der Waals surface area contributed by atoms with Gasteiger partial charge in [-0.15, -0.1) is 11.3 Å². The number of thiazole rings is 1. The van der Waals surface area contributed by atoms with Crippen molar-refractivity contribution in [3.05, 3.63) is 46.5 Å². The molecule has 0 unspecified atom stereocenters. The van der Waals surface area contributed by atoms with E-state index in [1.165, 1.54) is 11.3 Å². The van der Waals surface area contributed by atoms with Gasteiger partial charge >= 0.3 is 0 Å². The van der Waals surface area contributed by atoms with Gasteiger partial charge in [0.15, 0.2) is 5.13 Å². The number of hydrogen-bond donors (Lipinski definition) is 1. The van der Waals surface area contributed by atoms with Crippen LogP contribution in [0.1, 0.15) is 29.0 Å². The number of carbonyl (C=O) groups is 2. The first-order valence-corrected chi connectivity index (χ1v) is 9.85. The average molecular weight is 390 g/mol. The number of hydrogen-bond acceptors (Lipinski definition) is 5. The summed E-state index contributed by atoms with van der Waals surface area (Å²) in [7, 11) is 1.63. The Labute approximate surface area is 164 Å². The molecule has 0 aliphatic carbocycles. The van der Waals surface area contributed by atoms with Gasteiger partial charge in [0.1, 0.15) is 0 Å². The molecule has 0 aliphatic rings. The van der Waals surface area contributed by atoms with Crippen LogP contribution in [-0.2, 0) is 20.7 Å². The summed E-state index contributed by atoms with van der Waals surface area (Å²) in [5.74, 6) is -0.258. The van der Waals surface area contributed by atoms with Crippen molar-refractivity contribution in [1.82, 2.24) is 9.88 Å². The largest absolute Gasteiger partial charge is 0.385 e. The fourth-order valence-electron chi connectivity index (χ4n) is 2.60. The Kier molecular flexibility index (Phi) is 8.42. The second kappa shape index (κ2) is 10.8. The molecule has 146 valence electrons. The van der Waals surface area contributed by atoms with Gasteiger partial charge < -0.3 is 15.0 Å². The maximum Gasteiger partial charge on any atom is 0.245 e. The maximum atomic E-state index is 12.6. The Morgan fingerprint density at radius 2 is 1.96 bits per heavy atom. The number of carbonyl (C=O) groups excluding carboxylic acids is 2. The molecule has 2 aromatic rings. The van der Waals surface area contributed by atoms with Gasteiger partial charge in [-0.05, 0) is 32.3 Å². The molecule has 0 atom stereocenters. The average Bonchev–Trinajstić information content (AvgIpc) is 2.97. The normalized spacial score (nSPS) is 10.6. The number of amides is 2. The Morgan fingerprint density at radius 1 is 1.22 bits per heavy atom. The minimum absolute atomic E-state index is 0.0228. The number of benzene rings is 1. The molecule has 6 nitrogen and oxygen atoms in total. The van der Waals surface area contributed by atoms with Crippen LogP contribution in [0.3, 0.4) is 0 Å². The highest BCUT2D eigenvalue weighted by atomic mass is 32.1. The van der Waals surface area contributed by atoms with Crippen molar-refractivity contribution in [2.75, 3.05) is 32.1 Å². The van der Waals surface area contributed by atoms with Crippen LogP contribution in [0.2, 0.25) is 0 Å². The zero-order valence-electron chi connectivity index (χ0n) is 16.2. The molecule has 0 saturated heterocycles. The SMILES string of the molecule is COCCCN(CC(=O)Nc1nc(C)c(C)s1)C(=O)CCc1ccccc1. The first-order valence-electron chi connectivity index (χ1n) is 9.04. The third-order valence-corrected chi connectivity index (χ3v) is 5.20. The standard InChI is InChI=1S/C20H27N3O3S/c1-15-16(2)27-20(21-15)22-18(24)14-23(12-7-13-26-3)19(25)11-10-17-8-5-4-6-9-17/h4-6,8-9H,7,10-14H2,1-3H3,(H,21,22,24). The lowest BCUT2D eigenvalue weighted by molar-refractivity contribution is -0.134. The van der Waals surface area contributed by atoms with E-state index in [-0.39, 0.29) is 18.4 Å². The van der Waals surface area contributed by atoms with Gasteiger partial charge in [0.2, 0.25) is 11.8 Å². The van der Waals surface area contributed by atoms with E-state index in [1.54, 1.807) is 12.0 Å². The molecule has 1 N–H and O–H groups in total. The minimum atomic E-state index is -0.228. The van der Waals surface area contributed by atoms with E-state index in [0.717, 1.165) is 16.1 Å². The van der Waals surface area contributed by atoms with Crippen molar-refractivity contribution in [1.29, 1.82) is 0 Å². The van der Waals surface area contributed by atoms with E-state index in [4.69, 9.17) is 4.74 Å². The third-order valence-electron chi connectivity index (χ3n) is 4.21. The minimum Gasteiger partial charge on any atom is -0.385 e. The molecule has 0 radical (unpaired) electrons. The van der Waals surface area contributed by atoms with Gasteiger partial charge in [0.05, 0.1) is 12.2 Å². The second-order valence-corrected chi connectivity index (χ2v) is 7.56. The summed E-state index contributed by atoms with van der Waals surface area (Å²) in [6.45, 7) is 4.94. The summed E-state index contributed by atoms with van der Waals surface area (Å²) in [6.07, 6.45) is 1.73. The summed E-state index contributed by atoms with van der Waals surface area (Å²) >= 11 is 1.44. The van der Waals surface area contributed by atoms with E-state index < -0.39 is 0 Å². The van der Waals surface area contributed by atoms with Gasteiger partial charge in [-0.2, -0.15) is 0 Å². The number of aromatic nitrogens is 1. The summed E-state index contributed by atoms with van der Waals surface area (Å²) in [5, 5.41) is 3.37.